The van der Waals surface area contributed by atoms with Crippen LogP contribution in [0.3, 0.4) is 0 Å². The number of oxazole rings is 1. The summed E-state index contributed by atoms with van der Waals surface area (Å²) in [6.07, 6.45) is 2.24. The summed E-state index contributed by atoms with van der Waals surface area (Å²) < 4.78 is 42.1. The number of nitrogens with zero attached hydrogens (tertiary/aromatic N) is 1. The molecule has 2 aromatic carbocycles. The number of aryl methyl sites for hydroxylation is 1. The van der Waals surface area contributed by atoms with Crippen LogP contribution in [0, 0.1) is 5.82 Å². The van der Waals surface area contributed by atoms with Crippen molar-refractivity contribution < 1.29 is 22.4 Å². The molecular formula is C17H14FN2O4S-. The molecular weight excluding hydrogens is 347 g/mol. The second kappa shape index (κ2) is 7.64. The van der Waals surface area contributed by atoms with Gasteiger partial charge in [-0.1, -0.05) is 0 Å². The molecule has 0 aliphatic carbocycles. The molecule has 1 atom stereocenters. The van der Waals surface area contributed by atoms with E-state index in [1.165, 1.54) is 18.5 Å². The minimum Gasteiger partial charge on any atom is -0.760 e. The van der Waals surface area contributed by atoms with Crippen molar-refractivity contribution in [2.45, 2.75) is 12.8 Å². The molecule has 3 aromatic rings. The molecule has 0 saturated carbocycles. The Morgan fingerprint density at radius 3 is 2.88 bits per heavy atom. The molecule has 8 heteroatoms. The zero-order valence-corrected chi connectivity index (χ0v) is 13.8. The van der Waals surface area contributed by atoms with Crippen LogP contribution in [-0.2, 0) is 17.7 Å². The van der Waals surface area contributed by atoms with E-state index in [2.05, 4.69) is 9.71 Å². The molecule has 6 nitrogen and oxygen atoms in total. The highest BCUT2D eigenvalue weighted by Crippen LogP contribution is 2.19. The van der Waals surface area contributed by atoms with Crippen LogP contribution < -0.4 is 4.72 Å². The van der Waals surface area contributed by atoms with Crippen molar-refractivity contribution >= 4 is 28.1 Å². The smallest absolute Gasteiger partial charge is 0.193 e. The molecule has 130 valence electrons. The summed E-state index contributed by atoms with van der Waals surface area (Å²) in [5.74, 6) is -0.834. The summed E-state index contributed by atoms with van der Waals surface area (Å²) in [7, 11) is 0. The van der Waals surface area contributed by atoms with Gasteiger partial charge >= 0.3 is 0 Å². The number of carbonyl (C=O) groups is 1. The zero-order valence-electron chi connectivity index (χ0n) is 13.0. The largest absolute Gasteiger partial charge is 0.760 e. The SMILES string of the molecule is O=C(c1cc(F)cc(CCCNS(=O)[O-])c1)c1ccc2ncoc2c1. The van der Waals surface area contributed by atoms with Crippen LogP contribution in [0.4, 0.5) is 4.39 Å². The summed E-state index contributed by atoms with van der Waals surface area (Å²) in [5, 5.41) is 0. The lowest BCUT2D eigenvalue weighted by Crippen LogP contribution is -2.18. The molecule has 0 spiro atoms. The van der Waals surface area contributed by atoms with Gasteiger partial charge in [-0.05, 0) is 54.8 Å². The summed E-state index contributed by atoms with van der Waals surface area (Å²) >= 11 is -2.31. The van der Waals surface area contributed by atoms with E-state index in [9.17, 15) is 17.9 Å². The van der Waals surface area contributed by atoms with Crippen molar-refractivity contribution in [2.24, 2.45) is 0 Å². The van der Waals surface area contributed by atoms with E-state index < -0.39 is 17.1 Å². The third-order valence-electron chi connectivity index (χ3n) is 3.68. The van der Waals surface area contributed by atoms with E-state index in [4.69, 9.17) is 4.42 Å². The molecule has 0 fully saturated rings. The van der Waals surface area contributed by atoms with Crippen molar-refractivity contribution in [1.82, 2.24) is 9.71 Å². The number of nitrogens with one attached hydrogen (secondary N) is 1. The Labute approximate surface area is 145 Å². The minimum atomic E-state index is -2.31. The van der Waals surface area contributed by atoms with Crippen LogP contribution >= 0.6 is 0 Å². The summed E-state index contributed by atoms with van der Waals surface area (Å²) in [6, 6.07) is 8.99. The van der Waals surface area contributed by atoms with Gasteiger partial charge in [-0.15, -0.1) is 0 Å². The van der Waals surface area contributed by atoms with Gasteiger partial charge < -0.3 is 8.97 Å². The average molecular weight is 361 g/mol. The van der Waals surface area contributed by atoms with Crippen LogP contribution in [-0.4, -0.2) is 26.1 Å². The Kier molecular flexibility index (Phi) is 5.32. The number of aromatic nitrogens is 1. The fourth-order valence-electron chi connectivity index (χ4n) is 2.54. The first-order chi connectivity index (χ1) is 12.0. The molecule has 1 unspecified atom stereocenters. The van der Waals surface area contributed by atoms with Gasteiger partial charge in [0.15, 0.2) is 17.8 Å². The predicted molar refractivity (Wildman–Crippen MR) is 89.1 cm³/mol. The number of halogens is 1. The molecule has 0 aliphatic heterocycles. The molecule has 0 amide bonds. The summed E-state index contributed by atoms with van der Waals surface area (Å²) in [5.41, 5.74) is 2.36. The van der Waals surface area contributed by atoms with Gasteiger partial charge in [0, 0.05) is 28.9 Å². The number of ketones is 1. The number of fused-ring (bicyclic) bond motifs is 1. The molecule has 1 heterocycles. The van der Waals surface area contributed by atoms with E-state index in [1.54, 1.807) is 24.3 Å². The Morgan fingerprint density at radius 1 is 1.24 bits per heavy atom. The summed E-state index contributed by atoms with van der Waals surface area (Å²) in [4.78, 5) is 16.6. The van der Waals surface area contributed by atoms with Crippen molar-refractivity contribution in [1.29, 1.82) is 0 Å². The second-order valence-electron chi connectivity index (χ2n) is 5.44. The molecule has 1 N–H and O–H groups in total. The fourth-order valence-corrected chi connectivity index (χ4v) is 2.85. The van der Waals surface area contributed by atoms with Crippen LogP contribution in [0.25, 0.3) is 11.1 Å². The van der Waals surface area contributed by atoms with Gasteiger partial charge in [0.25, 0.3) is 0 Å². The maximum atomic E-state index is 13.8. The van der Waals surface area contributed by atoms with Crippen LogP contribution in [0.1, 0.15) is 27.9 Å². The Bertz CT molecular complexity index is 941. The van der Waals surface area contributed by atoms with E-state index in [0.29, 0.717) is 35.1 Å². The maximum Gasteiger partial charge on any atom is 0.193 e. The van der Waals surface area contributed by atoms with E-state index in [1.807, 2.05) is 0 Å². The lowest BCUT2D eigenvalue weighted by Gasteiger charge is -2.08. The van der Waals surface area contributed by atoms with Crippen molar-refractivity contribution in [3.8, 4) is 0 Å². The number of rotatable bonds is 7. The first-order valence-corrected chi connectivity index (χ1v) is 8.60. The Morgan fingerprint density at radius 2 is 2.08 bits per heavy atom. The highest BCUT2D eigenvalue weighted by Gasteiger charge is 2.13. The first kappa shape index (κ1) is 17.4. The molecule has 0 bridgehead atoms. The summed E-state index contributed by atoms with van der Waals surface area (Å²) in [6.45, 7) is 0.248. The van der Waals surface area contributed by atoms with Crippen LogP contribution in [0.2, 0.25) is 0 Å². The predicted octanol–water partition coefficient (Wildman–Crippen LogP) is 2.51. The van der Waals surface area contributed by atoms with E-state index in [-0.39, 0.29) is 17.9 Å². The molecule has 0 aliphatic rings. The lowest BCUT2D eigenvalue weighted by molar-refractivity contribution is 0.103. The van der Waals surface area contributed by atoms with Gasteiger partial charge in [-0.3, -0.25) is 9.00 Å². The van der Waals surface area contributed by atoms with Crippen molar-refractivity contribution in [2.75, 3.05) is 6.54 Å². The first-order valence-electron chi connectivity index (χ1n) is 7.53. The van der Waals surface area contributed by atoms with Gasteiger partial charge in [0.2, 0.25) is 0 Å². The standard InChI is InChI=1S/C17H15FN2O4S/c18-14-7-11(2-1-5-20-25(22)23)6-13(8-14)17(21)12-3-4-15-16(9-12)24-10-19-15/h3-4,6-10,20H,1-2,5H2,(H,22,23)/p-1. The van der Waals surface area contributed by atoms with Crippen molar-refractivity contribution in [3.05, 3.63) is 65.3 Å². The lowest BCUT2D eigenvalue weighted by atomic mass is 9.99. The number of benzene rings is 2. The van der Waals surface area contributed by atoms with Gasteiger partial charge in [-0.25, -0.2) is 14.1 Å². The quantitative estimate of drug-likeness (QED) is 0.396. The van der Waals surface area contributed by atoms with Crippen LogP contribution in [0.15, 0.2) is 47.2 Å². The highest BCUT2D eigenvalue weighted by atomic mass is 32.2. The average Bonchev–Trinajstić information content (AvgIpc) is 3.05. The minimum absolute atomic E-state index is 0.231. The molecule has 0 radical (unpaired) electrons. The van der Waals surface area contributed by atoms with E-state index in [0.717, 1.165) is 0 Å². The van der Waals surface area contributed by atoms with Crippen LogP contribution in [0.5, 0.6) is 0 Å². The maximum absolute atomic E-state index is 13.8. The number of hydrogen-bond donors (Lipinski definition) is 1. The highest BCUT2D eigenvalue weighted by molar-refractivity contribution is 7.77. The fraction of sp³-hybridized carbons (Fsp3) is 0.176. The third kappa shape index (κ3) is 4.36. The third-order valence-corrected chi connectivity index (χ3v) is 4.12. The normalized spacial score (nSPS) is 12.4. The van der Waals surface area contributed by atoms with Gasteiger partial charge in [-0.2, -0.15) is 0 Å². The monoisotopic (exact) mass is 361 g/mol. The topological polar surface area (TPSA) is 95.3 Å². The van der Waals surface area contributed by atoms with Crippen molar-refractivity contribution in [3.63, 3.8) is 0 Å². The molecule has 25 heavy (non-hydrogen) atoms. The molecule has 0 saturated heterocycles. The molecule has 3 rings (SSSR count). The number of hydrogen-bond acceptors (Lipinski definition) is 5. The van der Waals surface area contributed by atoms with Gasteiger partial charge in [0.05, 0.1) is 0 Å². The Hall–Kier alpha value is -2.42. The zero-order chi connectivity index (χ0) is 17.8. The van der Waals surface area contributed by atoms with E-state index >= 15 is 0 Å². The molecule has 1 aromatic heterocycles. The number of carbonyl (C=O) groups excluding carboxylic acids is 1. The Balaban J connectivity index is 1.78. The second-order valence-corrected chi connectivity index (χ2v) is 6.20. The van der Waals surface area contributed by atoms with Gasteiger partial charge in [0.1, 0.15) is 11.3 Å².